The van der Waals surface area contributed by atoms with Crippen molar-refractivity contribution in [2.75, 3.05) is 0 Å². The van der Waals surface area contributed by atoms with Crippen molar-refractivity contribution in [3.05, 3.63) is 33.8 Å². The summed E-state index contributed by atoms with van der Waals surface area (Å²) >= 11 is 12.1. The largest absolute Gasteiger partial charge is 0.389 e. The lowest BCUT2D eigenvalue weighted by Gasteiger charge is -2.28. The van der Waals surface area contributed by atoms with Crippen molar-refractivity contribution in [1.82, 2.24) is 0 Å². The quantitative estimate of drug-likeness (QED) is 0.848. The van der Waals surface area contributed by atoms with Gasteiger partial charge >= 0.3 is 0 Å². The van der Waals surface area contributed by atoms with Crippen molar-refractivity contribution >= 4 is 23.2 Å². The van der Waals surface area contributed by atoms with E-state index in [2.05, 4.69) is 6.92 Å². The standard InChI is InChI=1S/C13H16Cl2O/c1-9-4-3-7-13(9,16)8-10-5-2-6-11(14)12(10)15/h2,5-6,9,16H,3-4,7-8H2,1H3. The number of benzene rings is 1. The molecule has 1 aromatic rings. The van der Waals surface area contributed by atoms with Gasteiger partial charge < -0.3 is 5.11 Å². The second kappa shape index (κ2) is 4.56. The topological polar surface area (TPSA) is 20.2 Å². The molecule has 0 radical (unpaired) electrons. The van der Waals surface area contributed by atoms with Gasteiger partial charge in [0.25, 0.3) is 0 Å². The molecule has 16 heavy (non-hydrogen) atoms. The molecule has 0 aromatic heterocycles. The average molecular weight is 259 g/mol. The van der Waals surface area contributed by atoms with E-state index in [1.165, 1.54) is 0 Å². The first-order chi connectivity index (χ1) is 7.53. The molecule has 0 heterocycles. The molecule has 1 aliphatic carbocycles. The second-order valence-electron chi connectivity index (χ2n) is 4.79. The first-order valence-corrected chi connectivity index (χ1v) is 6.44. The molecule has 0 aliphatic heterocycles. The lowest BCUT2D eigenvalue weighted by molar-refractivity contribution is 0.00961. The van der Waals surface area contributed by atoms with Gasteiger partial charge in [-0.25, -0.2) is 0 Å². The van der Waals surface area contributed by atoms with E-state index in [0.717, 1.165) is 24.8 Å². The fraction of sp³-hybridized carbons (Fsp3) is 0.538. The lowest BCUT2D eigenvalue weighted by Crippen LogP contribution is -2.34. The molecule has 1 fully saturated rings. The lowest BCUT2D eigenvalue weighted by atomic mass is 9.86. The van der Waals surface area contributed by atoms with Gasteiger partial charge in [0.05, 0.1) is 15.6 Å². The van der Waals surface area contributed by atoms with Gasteiger partial charge in [-0.05, 0) is 30.4 Å². The van der Waals surface area contributed by atoms with Crippen LogP contribution in [0.4, 0.5) is 0 Å². The average Bonchev–Trinajstić information content (AvgIpc) is 2.55. The van der Waals surface area contributed by atoms with Crippen LogP contribution in [-0.2, 0) is 6.42 Å². The van der Waals surface area contributed by atoms with Crippen LogP contribution in [-0.4, -0.2) is 10.7 Å². The molecule has 0 amide bonds. The third-order valence-corrected chi connectivity index (χ3v) is 4.55. The Bertz CT molecular complexity index is 392. The van der Waals surface area contributed by atoms with Gasteiger partial charge in [-0.2, -0.15) is 0 Å². The Balaban J connectivity index is 2.24. The predicted molar refractivity (Wildman–Crippen MR) is 68.1 cm³/mol. The van der Waals surface area contributed by atoms with Crippen molar-refractivity contribution in [2.45, 2.75) is 38.2 Å². The van der Waals surface area contributed by atoms with Crippen LogP contribution in [0.15, 0.2) is 18.2 Å². The fourth-order valence-electron chi connectivity index (χ4n) is 2.51. The predicted octanol–water partition coefficient (Wildman–Crippen LogP) is 4.09. The highest BCUT2D eigenvalue weighted by Gasteiger charge is 2.38. The van der Waals surface area contributed by atoms with Crippen molar-refractivity contribution < 1.29 is 5.11 Å². The highest BCUT2D eigenvalue weighted by Crippen LogP contribution is 2.39. The van der Waals surface area contributed by atoms with Crippen LogP contribution < -0.4 is 0 Å². The van der Waals surface area contributed by atoms with E-state index in [4.69, 9.17) is 23.2 Å². The minimum Gasteiger partial charge on any atom is -0.389 e. The Hall–Kier alpha value is -0.240. The van der Waals surface area contributed by atoms with Gasteiger partial charge in [-0.3, -0.25) is 0 Å². The van der Waals surface area contributed by atoms with Crippen LogP contribution in [0.25, 0.3) is 0 Å². The van der Waals surface area contributed by atoms with E-state index >= 15 is 0 Å². The molecular formula is C13H16Cl2O. The smallest absolute Gasteiger partial charge is 0.0713 e. The van der Waals surface area contributed by atoms with E-state index in [-0.39, 0.29) is 0 Å². The maximum atomic E-state index is 10.5. The van der Waals surface area contributed by atoms with Gasteiger partial charge in [-0.1, -0.05) is 48.7 Å². The highest BCUT2D eigenvalue weighted by atomic mass is 35.5. The fourth-order valence-corrected chi connectivity index (χ4v) is 2.89. The summed E-state index contributed by atoms with van der Waals surface area (Å²) in [4.78, 5) is 0. The molecule has 0 bridgehead atoms. The Kier molecular flexibility index (Phi) is 3.48. The van der Waals surface area contributed by atoms with Crippen LogP contribution >= 0.6 is 23.2 Å². The maximum Gasteiger partial charge on any atom is 0.0713 e. The summed E-state index contributed by atoms with van der Waals surface area (Å²) in [5, 5.41) is 11.7. The molecule has 2 rings (SSSR count). The maximum absolute atomic E-state index is 10.5. The Labute approximate surface area is 106 Å². The van der Waals surface area contributed by atoms with Crippen LogP contribution in [0.3, 0.4) is 0 Å². The number of aliphatic hydroxyl groups is 1. The molecule has 0 saturated heterocycles. The summed E-state index contributed by atoms with van der Waals surface area (Å²) < 4.78 is 0. The third kappa shape index (κ3) is 2.22. The number of hydrogen-bond donors (Lipinski definition) is 1. The minimum absolute atomic E-state index is 0.336. The summed E-state index contributed by atoms with van der Waals surface area (Å²) in [6.07, 6.45) is 3.65. The summed E-state index contributed by atoms with van der Waals surface area (Å²) in [5.74, 6) is 0.336. The first-order valence-electron chi connectivity index (χ1n) is 5.68. The van der Waals surface area contributed by atoms with Gasteiger partial charge in [0.1, 0.15) is 0 Å². The first kappa shape index (κ1) is 12.2. The minimum atomic E-state index is -0.603. The number of halogens is 2. The molecule has 2 atom stereocenters. The summed E-state index contributed by atoms with van der Waals surface area (Å²) in [5.41, 5.74) is 0.347. The molecule has 1 nitrogen and oxygen atoms in total. The molecule has 0 spiro atoms. The van der Waals surface area contributed by atoms with Gasteiger partial charge in [0.2, 0.25) is 0 Å². The van der Waals surface area contributed by atoms with Crippen molar-refractivity contribution in [3.63, 3.8) is 0 Å². The molecule has 1 saturated carbocycles. The monoisotopic (exact) mass is 258 g/mol. The molecule has 1 aromatic carbocycles. The van der Waals surface area contributed by atoms with Gasteiger partial charge in [0.15, 0.2) is 0 Å². The zero-order valence-electron chi connectivity index (χ0n) is 9.34. The van der Waals surface area contributed by atoms with E-state index < -0.39 is 5.60 Å². The molecule has 1 N–H and O–H groups in total. The summed E-state index contributed by atoms with van der Waals surface area (Å²) in [7, 11) is 0. The van der Waals surface area contributed by atoms with Crippen LogP contribution in [0.1, 0.15) is 31.7 Å². The summed E-state index contributed by atoms with van der Waals surface area (Å²) in [6, 6.07) is 5.60. The van der Waals surface area contributed by atoms with Crippen molar-refractivity contribution in [2.24, 2.45) is 5.92 Å². The zero-order chi connectivity index (χ0) is 11.8. The van der Waals surface area contributed by atoms with E-state index in [0.29, 0.717) is 22.4 Å². The highest BCUT2D eigenvalue weighted by molar-refractivity contribution is 6.42. The third-order valence-electron chi connectivity index (χ3n) is 3.69. The molecule has 3 heteroatoms. The van der Waals surface area contributed by atoms with E-state index in [9.17, 15) is 5.11 Å². The second-order valence-corrected chi connectivity index (χ2v) is 5.57. The van der Waals surface area contributed by atoms with Crippen molar-refractivity contribution in [3.8, 4) is 0 Å². The Morgan fingerprint density at radius 2 is 2.19 bits per heavy atom. The summed E-state index contributed by atoms with van der Waals surface area (Å²) in [6.45, 7) is 2.10. The molecular weight excluding hydrogens is 243 g/mol. The Morgan fingerprint density at radius 3 is 2.81 bits per heavy atom. The van der Waals surface area contributed by atoms with Crippen LogP contribution in [0.5, 0.6) is 0 Å². The number of rotatable bonds is 2. The number of hydrogen-bond acceptors (Lipinski definition) is 1. The van der Waals surface area contributed by atoms with Gasteiger partial charge in [0, 0.05) is 6.42 Å². The van der Waals surface area contributed by atoms with Crippen LogP contribution in [0, 0.1) is 5.92 Å². The molecule has 1 aliphatic rings. The van der Waals surface area contributed by atoms with Crippen molar-refractivity contribution in [1.29, 1.82) is 0 Å². The van der Waals surface area contributed by atoms with Gasteiger partial charge in [-0.15, -0.1) is 0 Å². The van der Waals surface area contributed by atoms with Crippen LogP contribution in [0.2, 0.25) is 10.0 Å². The molecule has 88 valence electrons. The van der Waals surface area contributed by atoms with E-state index in [1.807, 2.05) is 12.1 Å². The Morgan fingerprint density at radius 1 is 1.44 bits per heavy atom. The zero-order valence-corrected chi connectivity index (χ0v) is 10.9. The SMILES string of the molecule is CC1CCCC1(O)Cc1cccc(Cl)c1Cl. The normalized spacial score (nSPS) is 29.6. The van der Waals surface area contributed by atoms with E-state index in [1.54, 1.807) is 6.07 Å². The molecule has 2 unspecified atom stereocenters.